The number of aliphatic carboxylic acids is 3. The van der Waals surface area contributed by atoms with Gasteiger partial charge in [0.15, 0.2) is 5.54 Å². The van der Waals surface area contributed by atoms with E-state index in [2.05, 4.69) is 15.9 Å². The van der Waals surface area contributed by atoms with Crippen molar-refractivity contribution in [1.82, 2.24) is 14.9 Å². The summed E-state index contributed by atoms with van der Waals surface area (Å²) in [6.07, 6.45) is 3.57. The van der Waals surface area contributed by atoms with Crippen molar-refractivity contribution < 1.29 is 43.7 Å². The van der Waals surface area contributed by atoms with Crippen LogP contribution in [0.2, 0.25) is 0 Å². The summed E-state index contributed by atoms with van der Waals surface area (Å²) in [5, 5.41) is 31.9. The zero-order valence-corrected chi connectivity index (χ0v) is 34.2. The fraction of sp³-hybridized carbons (Fsp3) is 0.500. The predicted molar refractivity (Wildman–Crippen MR) is 213 cm³/mol. The predicted octanol–water partition coefficient (Wildman–Crippen LogP) is 5.59. The van der Waals surface area contributed by atoms with Crippen molar-refractivity contribution in [2.24, 2.45) is 27.4 Å². The van der Waals surface area contributed by atoms with Crippen LogP contribution in [0.3, 0.4) is 0 Å². The number of aromatic amines is 1. The standard InChI is InChI=1S/C42H54FN5O9/c1-12-19-47(23-25-13-17-31-28(20-25)34(52)46-24(2)45-31)26-14-15-27(29(43)21-26)35(53)48(32(49)18-16-30(44)36(54)55)42(37(56)57,40(9,10)11)41(22-33(50)51,38(3,4)5)39(6,7)8/h1,13-15,17,20-21,30H,16,18-19,22-23,44H2,2-11H3,(H,50,51)(H,54,55)(H,56,57)(H,45,46,52)/t30-,42+/m0/s1. The Morgan fingerprint density at radius 1 is 0.930 bits per heavy atom. The van der Waals surface area contributed by atoms with Crippen molar-refractivity contribution in [1.29, 1.82) is 0 Å². The van der Waals surface area contributed by atoms with Crippen molar-refractivity contribution >= 4 is 46.3 Å². The third-order valence-corrected chi connectivity index (χ3v) is 10.9. The van der Waals surface area contributed by atoms with Gasteiger partial charge in [0.05, 0.1) is 29.4 Å². The molecule has 2 aromatic carbocycles. The molecular formula is C42H54FN5O9. The first-order valence-electron chi connectivity index (χ1n) is 18.4. The van der Waals surface area contributed by atoms with Crippen LogP contribution in [-0.4, -0.2) is 78.0 Å². The Bertz CT molecular complexity index is 2160. The molecule has 0 saturated carbocycles. The molecule has 0 aliphatic rings. The Hall–Kier alpha value is -5.62. The Kier molecular flexibility index (Phi) is 13.2. The number of carbonyl (C=O) groups is 5. The second-order valence-corrected chi connectivity index (χ2v) is 17.5. The fourth-order valence-corrected chi connectivity index (χ4v) is 8.79. The maximum Gasteiger partial charge on any atom is 0.331 e. The number of nitrogens with two attached hydrogens (primary N) is 1. The van der Waals surface area contributed by atoms with Gasteiger partial charge in [-0.15, -0.1) is 6.42 Å². The quantitative estimate of drug-likeness (QED) is 0.126. The number of anilines is 1. The summed E-state index contributed by atoms with van der Waals surface area (Å²) < 4.78 is 16.6. The number of H-pyrrole nitrogens is 1. The number of hydrogen-bond donors (Lipinski definition) is 5. The molecule has 3 rings (SSSR count). The van der Waals surface area contributed by atoms with Crippen LogP contribution in [0.5, 0.6) is 0 Å². The molecule has 2 amide bonds. The lowest BCUT2D eigenvalue weighted by molar-refractivity contribution is -0.220. The number of carbonyl (C=O) groups excluding carboxylic acids is 2. The topological polar surface area (TPSA) is 224 Å². The smallest absolute Gasteiger partial charge is 0.331 e. The molecule has 1 aromatic heterocycles. The number of terminal acetylenes is 1. The molecule has 0 fully saturated rings. The van der Waals surface area contributed by atoms with Crippen LogP contribution in [-0.2, 0) is 25.7 Å². The molecule has 2 atom stereocenters. The van der Waals surface area contributed by atoms with Crippen molar-refractivity contribution in [3.05, 3.63) is 69.5 Å². The molecule has 0 aliphatic carbocycles. The Morgan fingerprint density at radius 3 is 2.00 bits per heavy atom. The summed E-state index contributed by atoms with van der Waals surface area (Å²) in [5.41, 5.74) is -2.95. The molecule has 0 aliphatic heterocycles. The number of aryl methyl sites for hydroxylation is 1. The molecule has 14 nitrogen and oxygen atoms in total. The van der Waals surface area contributed by atoms with E-state index >= 15 is 9.18 Å². The number of benzene rings is 2. The Morgan fingerprint density at radius 2 is 1.53 bits per heavy atom. The van der Waals surface area contributed by atoms with Crippen LogP contribution in [0.4, 0.5) is 10.1 Å². The minimum absolute atomic E-state index is 0.0389. The molecule has 6 N–H and O–H groups in total. The molecule has 3 aromatic rings. The van der Waals surface area contributed by atoms with Gasteiger partial charge >= 0.3 is 17.9 Å². The van der Waals surface area contributed by atoms with Gasteiger partial charge < -0.3 is 30.9 Å². The molecule has 0 saturated heterocycles. The fourth-order valence-electron chi connectivity index (χ4n) is 8.79. The summed E-state index contributed by atoms with van der Waals surface area (Å²) in [6, 6.07) is 6.91. The first-order valence-corrected chi connectivity index (χ1v) is 18.4. The molecule has 15 heteroatoms. The van der Waals surface area contributed by atoms with Gasteiger partial charge in [-0.05, 0) is 65.5 Å². The highest BCUT2D eigenvalue weighted by molar-refractivity contribution is 6.09. The van der Waals surface area contributed by atoms with E-state index in [0.29, 0.717) is 27.2 Å². The number of hydrogen-bond acceptors (Lipinski definition) is 9. The number of fused-ring (bicyclic) bond motifs is 1. The van der Waals surface area contributed by atoms with E-state index in [9.17, 15) is 39.3 Å². The lowest BCUT2D eigenvalue weighted by atomic mass is 9.40. The first-order chi connectivity index (χ1) is 26.1. The largest absolute Gasteiger partial charge is 0.481 e. The summed E-state index contributed by atoms with van der Waals surface area (Å²) in [6.45, 7) is 15.8. The molecule has 1 heterocycles. The van der Waals surface area contributed by atoms with E-state index in [1.807, 2.05) is 0 Å². The maximum atomic E-state index is 16.6. The van der Waals surface area contributed by atoms with E-state index in [-0.39, 0.29) is 24.3 Å². The Labute approximate surface area is 331 Å². The number of imide groups is 1. The van der Waals surface area contributed by atoms with Crippen LogP contribution in [0.25, 0.3) is 10.9 Å². The van der Waals surface area contributed by atoms with Gasteiger partial charge in [-0.25, -0.2) is 14.2 Å². The van der Waals surface area contributed by atoms with Gasteiger partial charge in [-0.1, -0.05) is 74.3 Å². The van der Waals surface area contributed by atoms with E-state index in [4.69, 9.17) is 12.2 Å². The van der Waals surface area contributed by atoms with Crippen molar-refractivity contribution in [3.8, 4) is 12.3 Å². The van der Waals surface area contributed by atoms with Crippen LogP contribution >= 0.6 is 0 Å². The maximum absolute atomic E-state index is 16.6. The number of aromatic nitrogens is 2. The van der Waals surface area contributed by atoms with Crippen molar-refractivity contribution in [2.75, 3.05) is 11.4 Å². The van der Waals surface area contributed by atoms with Gasteiger partial charge in [0, 0.05) is 24.1 Å². The lowest BCUT2D eigenvalue weighted by Crippen LogP contribution is -2.79. The summed E-state index contributed by atoms with van der Waals surface area (Å²) in [5.74, 6) is -5.35. The highest BCUT2D eigenvalue weighted by Gasteiger charge is 2.75. The van der Waals surface area contributed by atoms with E-state index in [0.717, 1.165) is 12.1 Å². The molecule has 0 unspecified atom stereocenters. The van der Waals surface area contributed by atoms with Gasteiger partial charge in [0.1, 0.15) is 17.7 Å². The monoisotopic (exact) mass is 791 g/mol. The van der Waals surface area contributed by atoms with Gasteiger partial charge in [0.25, 0.3) is 11.5 Å². The van der Waals surface area contributed by atoms with Gasteiger partial charge in [-0.2, -0.15) is 0 Å². The number of amides is 2. The van der Waals surface area contributed by atoms with Crippen LogP contribution < -0.4 is 16.2 Å². The normalized spacial score (nSPS) is 13.9. The highest BCUT2D eigenvalue weighted by atomic mass is 19.1. The molecular weight excluding hydrogens is 737 g/mol. The van der Waals surface area contributed by atoms with Crippen LogP contribution in [0, 0.1) is 46.7 Å². The SMILES string of the molecule is C#CCN(Cc1ccc2nc(C)[nH]c(=O)c2c1)c1ccc(C(=O)N(C(=O)CC[C@H](N)C(=O)O)[C@](C(=O)O)(C(C)(C)C)C(CC(=O)O)(C(C)(C)C)C(C)(C)C)c(F)c1. The second kappa shape index (κ2) is 16.5. The van der Waals surface area contributed by atoms with Crippen molar-refractivity contribution in [2.45, 2.75) is 107 Å². The van der Waals surface area contributed by atoms with E-state index in [1.165, 1.54) is 26.8 Å². The van der Waals surface area contributed by atoms with E-state index in [1.54, 1.807) is 71.6 Å². The van der Waals surface area contributed by atoms with Crippen molar-refractivity contribution in [3.63, 3.8) is 0 Å². The first kappa shape index (κ1) is 45.8. The van der Waals surface area contributed by atoms with Crippen LogP contribution in [0.1, 0.15) is 103 Å². The second-order valence-electron chi connectivity index (χ2n) is 17.5. The third-order valence-electron chi connectivity index (χ3n) is 10.9. The van der Waals surface area contributed by atoms with E-state index < -0.39 is 93.6 Å². The molecule has 0 spiro atoms. The molecule has 308 valence electrons. The average molecular weight is 792 g/mol. The average Bonchev–Trinajstić information content (AvgIpc) is 3.06. The van der Waals surface area contributed by atoms with Gasteiger partial charge in [0.2, 0.25) is 5.91 Å². The zero-order chi connectivity index (χ0) is 43.6. The highest BCUT2D eigenvalue weighted by Crippen LogP contribution is 2.66. The number of halogens is 1. The number of carboxylic acid groups (broad SMARTS) is 3. The number of rotatable bonds is 14. The zero-order valence-electron chi connectivity index (χ0n) is 34.2. The lowest BCUT2D eigenvalue weighted by Gasteiger charge is -2.67. The summed E-state index contributed by atoms with van der Waals surface area (Å²) >= 11 is 0. The summed E-state index contributed by atoms with van der Waals surface area (Å²) in [4.78, 5) is 90.2. The Balaban J connectivity index is 2.37. The number of nitrogens with zero attached hydrogens (tertiary/aromatic N) is 3. The minimum atomic E-state index is -2.72. The number of carboxylic acids is 3. The number of nitrogens with one attached hydrogen (secondary N) is 1. The third kappa shape index (κ3) is 8.56. The minimum Gasteiger partial charge on any atom is -0.481 e. The van der Waals surface area contributed by atoms with Gasteiger partial charge in [-0.3, -0.25) is 28.9 Å². The molecule has 0 bridgehead atoms. The molecule has 57 heavy (non-hydrogen) atoms. The van der Waals surface area contributed by atoms with Crippen LogP contribution in [0.15, 0.2) is 41.2 Å². The summed E-state index contributed by atoms with van der Waals surface area (Å²) in [7, 11) is 0. The molecule has 0 radical (unpaired) electrons.